The zero-order chi connectivity index (χ0) is 22.3. The van der Waals surface area contributed by atoms with E-state index in [9.17, 15) is 4.79 Å². The second-order valence-corrected chi connectivity index (χ2v) is 7.85. The number of anilines is 1. The van der Waals surface area contributed by atoms with Gasteiger partial charge in [0.05, 0.1) is 19.9 Å². The minimum absolute atomic E-state index is 0.109. The van der Waals surface area contributed by atoms with Crippen LogP contribution >= 0.6 is 11.3 Å². The fourth-order valence-corrected chi connectivity index (χ4v) is 4.20. The minimum atomic E-state index is -0.109. The number of hydrogen-bond acceptors (Lipinski definition) is 6. The van der Waals surface area contributed by atoms with E-state index in [0.717, 1.165) is 16.8 Å². The molecule has 0 fully saturated rings. The van der Waals surface area contributed by atoms with Crippen molar-refractivity contribution in [2.45, 2.75) is 6.42 Å². The molecule has 2 heterocycles. The maximum absolute atomic E-state index is 13.4. The van der Waals surface area contributed by atoms with Gasteiger partial charge in [0.1, 0.15) is 0 Å². The Morgan fingerprint density at radius 1 is 0.969 bits per heavy atom. The SMILES string of the molecule is COc1ccc(CCN(C(=O)c2ccncc2)c2nc(-c3ccccc3)cs2)cc1OC. The van der Waals surface area contributed by atoms with Crippen LogP contribution in [-0.4, -0.2) is 36.6 Å². The molecule has 0 N–H and O–H groups in total. The van der Waals surface area contributed by atoms with Crippen LogP contribution in [0.1, 0.15) is 15.9 Å². The van der Waals surface area contributed by atoms with E-state index in [1.54, 1.807) is 43.6 Å². The lowest BCUT2D eigenvalue weighted by atomic mass is 10.1. The fraction of sp³-hybridized carbons (Fsp3) is 0.160. The van der Waals surface area contributed by atoms with Crippen LogP contribution in [0.3, 0.4) is 0 Å². The van der Waals surface area contributed by atoms with Crippen molar-refractivity contribution in [3.63, 3.8) is 0 Å². The number of nitrogens with zero attached hydrogens (tertiary/aromatic N) is 3. The Bertz CT molecular complexity index is 1180. The summed E-state index contributed by atoms with van der Waals surface area (Å²) in [5.41, 5.74) is 3.48. The molecule has 32 heavy (non-hydrogen) atoms. The van der Waals surface area contributed by atoms with Crippen LogP contribution < -0.4 is 14.4 Å². The van der Waals surface area contributed by atoms with Crippen molar-refractivity contribution in [1.29, 1.82) is 0 Å². The summed E-state index contributed by atoms with van der Waals surface area (Å²) < 4.78 is 10.7. The first-order valence-electron chi connectivity index (χ1n) is 10.1. The molecule has 4 aromatic rings. The largest absolute Gasteiger partial charge is 0.493 e. The van der Waals surface area contributed by atoms with Gasteiger partial charge in [-0.3, -0.25) is 14.7 Å². The smallest absolute Gasteiger partial charge is 0.260 e. The molecule has 0 aliphatic rings. The molecule has 0 radical (unpaired) electrons. The Balaban J connectivity index is 1.62. The van der Waals surface area contributed by atoms with E-state index in [4.69, 9.17) is 14.5 Å². The molecule has 0 aliphatic carbocycles. The first kappa shape index (κ1) is 21.5. The highest BCUT2D eigenvalue weighted by Crippen LogP contribution is 2.30. The Hall–Kier alpha value is -3.71. The predicted octanol–water partition coefficient (Wildman–Crippen LogP) is 5.11. The van der Waals surface area contributed by atoms with E-state index in [1.807, 2.05) is 53.9 Å². The summed E-state index contributed by atoms with van der Waals surface area (Å²) in [6.07, 6.45) is 3.88. The first-order valence-corrected chi connectivity index (χ1v) is 11.0. The predicted molar refractivity (Wildman–Crippen MR) is 127 cm³/mol. The topological polar surface area (TPSA) is 64.5 Å². The van der Waals surface area contributed by atoms with Crippen molar-refractivity contribution < 1.29 is 14.3 Å². The molecule has 0 spiro atoms. The van der Waals surface area contributed by atoms with Gasteiger partial charge in [-0.1, -0.05) is 36.4 Å². The van der Waals surface area contributed by atoms with Gasteiger partial charge in [0.25, 0.3) is 5.91 Å². The molecule has 4 rings (SSSR count). The number of benzene rings is 2. The standard InChI is InChI=1S/C25H23N3O3S/c1-30-22-9-8-18(16-23(22)31-2)12-15-28(24(29)20-10-13-26-14-11-20)25-27-21(17-32-25)19-6-4-3-5-7-19/h3-11,13-14,16-17H,12,15H2,1-2H3. The van der Waals surface area contributed by atoms with Gasteiger partial charge >= 0.3 is 0 Å². The van der Waals surface area contributed by atoms with Crippen molar-refractivity contribution in [3.8, 4) is 22.8 Å². The number of aromatic nitrogens is 2. The molecule has 2 aromatic carbocycles. The number of carbonyl (C=O) groups is 1. The third kappa shape index (κ3) is 4.78. The molecule has 0 saturated carbocycles. The number of ether oxygens (including phenoxy) is 2. The summed E-state index contributed by atoms with van der Waals surface area (Å²) in [5.74, 6) is 1.23. The van der Waals surface area contributed by atoms with Crippen molar-refractivity contribution in [1.82, 2.24) is 9.97 Å². The number of hydrogen-bond donors (Lipinski definition) is 0. The molecule has 0 unspecified atom stereocenters. The zero-order valence-electron chi connectivity index (χ0n) is 17.9. The fourth-order valence-electron chi connectivity index (χ4n) is 3.34. The summed E-state index contributed by atoms with van der Waals surface area (Å²) in [4.78, 5) is 23.9. The van der Waals surface area contributed by atoms with Crippen LogP contribution in [0, 0.1) is 0 Å². The quantitative estimate of drug-likeness (QED) is 0.377. The number of amides is 1. The second-order valence-electron chi connectivity index (χ2n) is 7.01. The Morgan fingerprint density at radius 3 is 2.44 bits per heavy atom. The van der Waals surface area contributed by atoms with Crippen LogP contribution in [0.2, 0.25) is 0 Å². The number of carbonyl (C=O) groups excluding carboxylic acids is 1. The average Bonchev–Trinajstić information content (AvgIpc) is 3.35. The number of thiazole rings is 1. The van der Waals surface area contributed by atoms with Crippen LogP contribution in [0.15, 0.2) is 78.4 Å². The molecule has 162 valence electrons. The monoisotopic (exact) mass is 445 g/mol. The number of pyridine rings is 1. The van der Waals surface area contributed by atoms with Gasteiger partial charge in [-0.05, 0) is 36.2 Å². The van der Waals surface area contributed by atoms with Gasteiger partial charge in [0, 0.05) is 35.4 Å². The number of rotatable bonds is 8. The van der Waals surface area contributed by atoms with E-state index in [1.165, 1.54) is 11.3 Å². The van der Waals surface area contributed by atoms with Crippen molar-refractivity contribution in [3.05, 3.63) is 89.6 Å². The van der Waals surface area contributed by atoms with Crippen molar-refractivity contribution in [2.75, 3.05) is 25.7 Å². The number of methoxy groups -OCH3 is 2. The van der Waals surface area contributed by atoms with E-state index >= 15 is 0 Å². The van der Waals surface area contributed by atoms with Crippen molar-refractivity contribution >= 4 is 22.4 Å². The average molecular weight is 446 g/mol. The van der Waals surface area contributed by atoms with E-state index in [-0.39, 0.29) is 5.91 Å². The Labute approximate surface area is 191 Å². The maximum atomic E-state index is 13.4. The molecule has 1 amide bonds. The molecule has 6 nitrogen and oxygen atoms in total. The minimum Gasteiger partial charge on any atom is -0.493 e. The third-order valence-corrected chi connectivity index (χ3v) is 5.90. The van der Waals surface area contributed by atoms with Gasteiger partial charge in [-0.2, -0.15) is 0 Å². The van der Waals surface area contributed by atoms with Crippen LogP contribution in [0.5, 0.6) is 11.5 Å². The van der Waals surface area contributed by atoms with Crippen LogP contribution in [-0.2, 0) is 6.42 Å². The van der Waals surface area contributed by atoms with Crippen LogP contribution in [0.25, 0.3) is 11.3 Å². The molecular weight excluding hydrogens is 422 g/mol. The second kappa shape index (κ2) is 10.1. The highest BCUT2D eigenvalue weighted by molar-refractivity contribution is 7.14. The highest BCUT2D eigenvalue weighted by Gasteiger charge is 2.21. The van der Waals surface area contributed by atoms with Gasteiger partial charge in [-0.15, -0.1) is 11.3 Å². The summed E-state index contributed by atoms with van der Waals surface area (Å²) in [5, 5.41) is 2.64. The van der Waals surface area contributed by atoms with E-state index in [2.05, 4.69) is 4.98 Å². The summed E-state index contributed by atoms with van der Waals surface area (Å²) >= 11 is 1.46. The molecular formula is C25H23N3O3S. The third-order valence-electron chi connectivity index (χ3n) is 5.04. The van der Waals surface area contributed by atoms with Gasteiger partial charge in [0.15, 0.2) is 16.6 Å². The van der Waals surface area contributed by atoms with Crippen LogP contribution in [0.4, 0.5) is 5.13 Å². The van der Waals surface area contributed by atoms with Gasteiger partial charge < -0.3 is 9.47 Å². The lowest BCUT2D eigenvalue weighted by Crippen LogP contribution is -2.33. The summed E-state index contributed by atoms with van der Waals surface area (Å²) in [6.45, 7) is 0.471. The van der Waals surface area contributed by atoms with E-state index < -0.39 is 0 Å². The first-order chi connectivity index (χ1) is 15.7. The maximum Gasteiger partial charge on any atom is 0.260 e. The normalized spacial score (nSPS) is 10.6. The molecule has 0 aliphatic heterocycles. The lowest BCUT2D eigenvalue weighted by Gasteiger charge is -2.20. The lowest BCUT2D eigenvalue weighted by molar-refractivity contribution is 0.0987. The zero-order valence-corrected chi connectivity index (χ0v) is 18.7. The van der Waals surface area contributed by atoms with Gasteiger partial charge in [-0.25, -0.2) is 4.98 Å². The highest BCUT2D eigenvalue weighted by atomic mass is 32.1. The Kier molecular flexibility index (Phi) is 6.77. The van der Waals surface area contributed by atoms with E-state index in [0.29, 0.717) is 35.2 Å². The molecule has 0 bridgehead atoms. The molecule has 0 saturated heterocycles. The molecule has 0 atom stereocenters. The molecule has 7 heteroatoms. The summed E-state index contributed by atoms with van der Waals surface area (Å²) in [6, 6.07) is 19.2. The van der Waals surface area contributed by atoms with Crippen molar-refractivity contribution in [2.24, 2.45) is 0 Å². The Morgan fingerprint density at radius 2 is 1.72 bits per heavy atom. The van der Waals surface area contributed by atoms with Gasteiger partial charge in [0.2, 0.25) is 0 Å². The molecule has 2 aromatic heterocycles. The summed E-state index contributed by atoms with van der Waals surface area (Å²) in [7, 11) is 3.22.